The van der Waals surface area contributed by atoms with Crippen molar-refractivity contribution in [3.05, 3.63) is 30.3 Å². The zero-order valence-electron chi connectivity index (χ0n) is 16.0. The first kappa shape index (κ1) is 21.3. The highest BCUT2D eigenvalue weighted by atomic mass is 127. The van der Waals surface area contributed by atoms with Crippen molar-refractivity contribution in [1.82, 2.24) is 10.6 Å². The second kappa shape index (κ2) is 10.3. The Kier molecular flexibility index (Phi) is 8.47. The van der Waals surface area contributed by atoms with Gasteiger partial charge in [-0.05, 0) is 51.2 Å². The van der Waals surface area contributed by atoms with Gasteiger partial charge in [-0.3, -0.25) is 4.99 Å². The zero-order chi connectivity index (χ0) is 17.5. The van der Waals surface area contributed by atoms with Crippen LogP contribution in [0.5, 0.6) is 0 Å². The molecule has 5 nitrogen and oxygen atoms in total. The molecule has 6 heteroatoms. The van der Waals surface area contributed by atoms with Crippen molar-refractivity contribution in [2.24, 2.45) is 10.9 Å². The SMILES string of the molecule is CCNC(=NCC1(C)CCCO1)NCC1CCN(c2ccccc2)C1.I. The van der Waals surface area contributed by atoms with E-state index in [4.69, 9.17) is 9.73 Å². The number of nitrogens with zero attached hydrogens (tertiary/aromatic N) is 2. The number of anilines is 1. The number of halogens is 1. The van der Waals surface area contributed by atoms with E-state index in [1.807, 2.05) is 0 Å². The molecule has 2 atom stereocenters. The molecule has 0 saturated carbocycles. The molecule has 2 aliphatic rings. The summed E-state index contributed by atoms with van der Waals surface area (Å²) in [5.74, 6) is 1.57. The van der Waals surface area contributed by atoms with Gasteiger partial charge in [0.1, 0.15) is 0 Å². The van der Waals surface area contributed by atoms with Crippen molar-refractivity contribution >= 4 is 35.6 Å². The molecule has 2 saturated heterocycles. The molecule has 2 heterocycles. The summed E-state index contributed by atoms with van der Waals surface area (Å²) >= 11 is 0. The van der Waals surface area contributed by atoms with Gasteiger partial charge in [-0.15, -0.1) is 24.0 Å². The normalized spacial score (nSPS) is 25.8. The molecule has 3 rings (SSSR count). The van der Waals surface area contributed by atoms with Crippen LogP contribution in [0.4, 0.5) is 5.69 Å². The lowest BCUT2D eigenvalue weighted by Crippen LogP contribution is -2.41. The van der Waals surface area contributed by atoms with Crippen LogP contribution in [0.1, 0.15) is 33.1 Å². The summed E-state index contributed by atoms with van der Waals surface area (Å²) in [7, 11) is 0. The summed E-state index contributed by atoms with van der Waals surface area (Å²) in [6.45, 7) is 9.96. The van der Waals surface area contributed by atoms with Crippen LogP contribution < -0.4 is 15.5 Å². The first-order valence-corrected chi connectivity index (χ1v) is 9.65. The van der Waals surface area contributed by atoms with E-state index in [2.05, 4.69) is 59.7 Å². The van der Waals surface area contributed by atoms with E-state index in [1.165, 1.54) is 12.1 Å². The van der Waals surface area contributed by atoms with Gasteiger partial charge in [0.15, 0.2) is 5.96 Å². The summed E-state index contributed by atoms with van der Waals surface area (Å²) in [6.07, 6.45) is 3.47. The molecule has 2 N–H and O–H groups in total. The lowest BCUT2D eigenvalue weighted by atomic mass is 10.0. The van der Waals surface area contributed by atoms with Crippen molar-refractivity contribution in [3.63, 3.8) is 0 Å². The van der Waals surface area contributed by atoms with Gasteiger partial charge in [0.05, 0.1) is 12.1 Å². The van der Waals surface area contributed by atoms with Crippen LogP contribution in [0.2, 0.25) is 0 Å². The number of nitrogens with one attached hydrogen (secondary N) is 2. The maximum atomic E-state index is 5.84. The molecular formula is C20H33IN4O. The molecule has 0 aliphatic carbocycles. The second-order valence-electron chi connectivity index (χ2n) is 7.41. The molecule has 1 aromatic carbocycles. The van der Waals surface area contributed by atoms with Gasteiger partial charge in [0.25, 0.3) is 0 Å². The molecule has 146 valence electrons. The molecule has 2 aliphatic heterocycles. The second-order valence-corrected chi connectivity index (χ2v) is 7.41. The highest BCUT2D eigenvalue weighted by Crippen LogP contribution is 2.25. The first-order chi connectivity index (χ1) is 12.2. The Balaban J connectivity index is 0.00000243. The maximum absolute atomic E-state index is 5.84. The summed E-state index contributed by atoms with van der Waals surface area (Å²) in [4.78, 5) is 7.24. The predicted molar refractivity (Wildman–Crippen MR) is 120 cm³/mol. The first-order valence-electron chi connectivity index (χ1n) is 9.65. The number of benzene rings is 1. The minimum atomic E-state index is -0.0835. The summed E-state index contributed by atoms with van der Waals surface area (Å²) in [5, 5.41) is 6.89. The smallest absolute Gasteiger partial charge is 0.191 e. The average molecular weight is 472 g/mol. The van der Waals surface area contributed by atoms with Gasteiger partial charge in [-0.1, -0.05) is 18.2 Å². The number of hydrogen-bond acceptors (Lipinski definition) is 3. The van der Waals surface area contributed by atoms with Gasteiger partial charge in [-0.25, -0.2) is 0 Å². The Labute approximate surface area is 175 Å². The number of aliphatic imine (C=N–C) groups is 1. The zero-order valence-corrected chi connectivity index (χ0v) is 18.4. The Bertz CT molecular complexity index is 560. The van der Waals surface area contributed by atoms with E-state index in [9.17, 15) is 0 Å². The van der Waals surface area contributed by atoms with Crippen LogP contribution in [0.3, 0.4) is 0 Å². The van der Waals surface area contributed by atoms with Gasteiger partial charge >= 0.3 is 0 Å². The van der Waals surface area contributed by atoms with Crippen molar-refractivity contribution in [2.75, 3.05) is 44.2 Å². The summed E-state index contributed by atoms with van der Waals surface area (Å²) in [5.41, 5.74) is 1.25. The van der Waals surface area contributed by atoms with Crippen molar-refractivity contribution in [2.45, 2.75) is 38.7 Å². The Hall–Kier alpha value is -1.02. The van der Waals surface area contributed by atoms with Crippen molar-refractivity contribution < 1.29 is 4.74 Å². The van der Waals surface area contributed by atoms with E-state index in [-0.39, 0.29) is 29.6 Å². The molecule has 2 fully saturated rings. The Morgan fingerprint density at radius 3 is 2.81 bits per heavy atom. The van der Waals surface area contributed by atoms with Crippen LogP contribution in [0.25, 0.3) is 0 Å². The number of guanidine groups is 1. The minimum Gasteiger partial charge on any atom is -0.373 e. The van der Waals surface area contributed by atoms with E-state index >= 15 is 0 Å². The monoisotopic (exact) mass is 472 g/mol. The largest absolute Gasteiger partial charge is 0.373 e. The fraction of sp³-hybridized carbons (Fsp3) is 0.650. The molecule has 1 aromatic rings. The van der Waals surface area contributed by atoms with E-state index in [1.54, 1.807) is 0 Å². The van der Waals surface area contributed by atoms with Crippen LogP contribution in [0, 0.1) is 5.92 Å². The lowest BCUT2D eigenvalue weighted by Gasteiger charge is -2.22. The molecular weight excluding hydrogens is 439 g/mol. The fourth-order valence-corrected chi connectivity index (χ4v) is 3.66. The Morgan fingerprint density at radius 2 is 2.12 bits per heavy atom. The standard InChI is InChI=1S/C20H32N4O.HI/c1-3-21-19(23-16-20(2)11-7-13-25-20)22-14-17-10-12-24(15-17)18-8-5-4-6-9-18;/h4-6,8-9,17H,3,7,10-16H2,1-2H3,(H2,21,22,23);1H. The van der Waals surface area contributed by atoms with Gasteiger partial charge < -0.3 is 20.3 Å². The van der Waals surface area contributed by atoms with Gasteiger partial charge in [-0.2, -0.15) is 0 Å². The Morgan fingerprint density at radius 1 is 1.31 bits per heavy atom. The molecule has 0 amide bonds. The van der Waals surface area contributed by atoms with Crippen LogP contribution in [0.15, 0.2) is 35.3 Å². The van der Waals surface area contributed by atoms with E-state index in [0.29, 0.717) is 5.92 Å². The van der Waals surface area contributed by atoms with E-state index in [0.717, 1.165) is 58.1 Å². The summed E-state index contributed by atoms with van der Waals surface area (Å²) in [6, 6.07) is 10.7. The number of para-hydroxylation sites is 1. The minimum absolute atomic E-state index is 0. The van der Waals surface area contributed by atoms with E-state index < -0.39 is 0 Å². The molecule has 0 radical (unpaired) electrons. The number of ether oxygens (including phenoxy) is 1. The number of rotatable bonds is 6. The molecule has 0 aromatic heterocycles. The van der Waals surface area contributed by atoms with Crippen molar-refractivity contribution in [3.8, 4) is 0 Å². The molecule has 0 spiro atoms. The third kappa shape index (κ3) is 6.01. The van der Waals surface area contributed by atoms with Gasteiger partial charge in [0, 0.05) is 38.5 Å². The van der Waals surface area contributed by atoms with Crippen LogP contribution >= 0.6 is 24.0 Å². The number of hydrogen-bond donors (Lipinski definition) is 2. The summed E-state index contributed by atoms with van der Waals surface area (Å²) < 4.78 is 5.84. The highest BCUT2D eigenvalue weighted by molar-refractivity contribution is 14.0. The maximum Gasteiger partial charge on any atom is 0.191 e. The highest BCUT2D eigenvalue weighted by Gasteiger charge is 2.29. The lowest BCUT2D eigenvalue weighted by molar-refractivity contribution is 0.0283. The predicted octanol–water partition coefficient (Wildman–Crippen LogP) is 3.26. The molecule has 26 heavy (non-hydrogen) atoms. The quantitative estimate of drug-likeness (QED) is 0.379. The van der Waals surface area contributed by atoms with Crippen molar-refractivity contribution in [1.29, 1.82) is 0 Å². The topological polar surface area (TPSA) is 48.9 Å². The molecule has 2 unspecified atom stereocenters. The third-order valence-corrected chi connectivity index (χ3v) is 5.18. The fourth-order valence-electron chi connectivity index (χ4n) is 3.66. The van der Waals surface area contributed by atoms with Gasteiger partial charge in [0.2, 0.25) is 0 Å². The van der Waals surface area contributed by atoms with Crippen LogP contribution in [-0.2, 0) is 4.74 Å². The molecule has 0 bridgehead atoms. The average Bonchev–Trinajstić information content (AvgIpc) is 3.28. The third-order valence-electron chi connectivity index (χ3n) is 5.18. The van der Waals surface area contributed by atoms with Crippen LogP contribution in [-0.4, -0.2) is 50.9 Å².